The number of aryl methyl sites for hydroxylation is 2. The highest BCUT2D eigenvalue weighted by atomic mass is 16.5. The highest BCUT2D eigenvalue weighted by Crippen LogP contribution is 2.32. The fraction of sp³-hybridized carbons (Fsp3) is 0.350. The summed E-state index contributed by atoms with van der Waals surface area (Å²) in [5, 5.41) is 10.8. The topological polar surface area (TPSA) is 108 Å². The number of rotatable bonds is 7. The molecule has 1 amide bonds. The quantitative estimate of drug-likeness (QED) is 0.649. The van der Waals surface area contributed by atoms with Gasteiger partial charge in [0.2, 0.25) is 0 Å². The van der Waals surface area contributed by atoms with Gasteiger partial charge in [0, 0.05) is 36.6 Å². The lowest BCUT2D eigenvalue weighted by molar-refractivity contribution is 0.101. The maximum Gasteiger partial charge on any atom is 0.277 e. The lowest BCUT2D eigenvalue weighted by Gasteiger charge is -2.19. The highest BCUT2D eigenvalue weighted by Gasteiger charge is 2.16. The number of anilines is 1. The molecule has 2 heterocycles. The number of carbonyl (C=O) groups excluding carboxylic acids is 1. The molecule has 3 rings (SSSR count). The van der Waals surface area contributed by atoms with Crippen LogP contribution in [0.2, 0.25) is 0 Å². The monoisotopic (exact) mass is 383 g/mol. The van der Waals surface area contributed by atoms with Crippen molar-refractivity contribution >= 4 is 11.6 Å². The van der Waals surface area contributed by atoms with Gasteiger partial charge in [-0.2, -0.15) is 5.10 Å². The minimum atomic E-state index is -0.344. The summed E-state index contributed by atoms with van der Waals surface area (Å²) in [6.45, 7) is 6.24. The smallest absolute Gasteiger partial charge is 0.277 e. The van der Waals surface area contributed by atoms with Crippen LogP contribution in [0, 0.1) is 12.8 Å². The van der Waals surface area contributed by atoms with Gasteiger partial charge in [-0.15, -0.1) is 0 Å². The summed E-state index contributed by atoms with van der Waals surface area (Å²) in [6.07, 6.45) is 1.71. The Balaban J connectivity index is 1.87. The van der Waals surface area contributed by atoms with Gasteiger partial charge in [0.05, 0.1) is 5.69 Å². The summed E-state index contributed by atoms with van der Waals surface area (Å²) in [4.78, 5) is 12.4. The van der Waals surface area contributed by atoms with E-state index in [1.807, 2.05) is 25.2 Å². The van der Waals surface area contributed by atoms with Crippen molar-refractivity contribution in [3.8, 4) is 17.0 Å². The summed E-state index contributed by atoms with van der Waals surface area (Å²) in [7, 11) is 1.85. The van der Waals surface area contributed by atoms with Crippen LogP contribution < -0.4 is 15.8 Å². The standard InChI is InChI=1S/C20H25N5O3/c1-12(2)16(21)11-27-19-6-5-14(10-15(19)18-7-8-22-25(18)4)23-20(26)17-9-13(3)28-24-17/h5-10,12,16H,11,21H2,1-4H3,(H,23,26). The number of nitrogens with zero attached hydrogens (tertiary/aromatic N) is 3. The summed E-state index contributed by atoms with van der Waals surface area (Å²) >= 11 is 0. The summed E-state index contributed by atoms with van der Waals surface area (Å²) in [5.41, 5.74) is 8.62. The molecule has 0 saturated carbocycles. The average Bonchev–Trinajstić information content (AvgIpc) is 3.28. The number of nitrogens with two attached hydrogens (primary N) is 1. The molecule has 0 aliphatic rings. The van der Waals surface area contributed by atoms with Crippen molar-refractivity contribution in [2.75, 3.05) is 11.9 Å². The average molecular weight is 383 g/mol. The first-order valence-electron chi connectivity index (χ1n) is 9.10. The van der Waals surface area contributed by atoms with E-state index in [2.05, 4.69) is 29.4 Å². The largest absolute Gasteiger partial charge is 0.491 e. The second kappa shape index (κ2) is 8.26. The first-order chi connectivity index (χ1) is 13.3. The third kappa shape index (κ3) is 4.40. The molecule has 3 aromatic rings. The van der Waals surface area contributed by atoms with Gasteiger partial charge in [0.1, 0.15) is 18.1 Å². The predicted octanol–water partition coefficient (Wildman–Crippen LogP) is 3.00. The molecule has 1 atom stereocenters. The Labute approximate surface area is 163 Å². The van der Waals surface area contributed by atoms with Crippen molar-refractivity contribution in [1.82, 2.24) is 14.9 Å². The van der Waals surface area contributed by atoms with Gasteiger partial charge in [-0.25, -0.2) is 0 Å². The van der Waals surface area contributed by atoms with Gasteiger partial charge in [-0.3, -0.25) is 9.48 Å². The van der Waals surface area contributed by atoms with Crippen LogP contribution in [-0.2, 0) is 7.05 Å². The van der Waals surface area contributed by atoms with Gasteiger partial charge in [0.25, 0.3) is 5.91 Å². The Bertz CT molecular complexity index is 960. The molecule has 0 saturated heterocycles. The van der Waals surface area contributed by atoms with Gasteiger partial charge in [0.15, 0.2) is 5.69 Å². The third-order valence-electron chi connectivity index (χ3n) is 4.48. The molecule has 1 aromatic carbocycles. The molecule has 148 valence electrons. The molecule has 0 aliphatic heterocycles. The van der Waals surface area contributed by atoms with E-state index in [1.54, 1.807) is 29.9 Å². The lowest BCUT2D eigenvalue weighted by Crippen LogP contribution is -2.33. The van der Waals surface area contributed by atoms with Crippen LogP contribution in [0.1, 0.15) is 30.1 Å². The van der Waals surface area contributed by atoms with Crippen LogP contribution >= 0.6 is 0 Å². The number of nitrogens with one attached hydrogen (secondary N) is 1. The van der Waals surface area contributed by atoms with E-state index in [1.165, 1.54) is 0 Å². The van der Waals surface area contributed by atoms with Crippen LogP contribution in [0.15, 0.2) is 41.1 Å². The molecule has 8 nitrogen and oxygen atoms in total. The first-order valence-corrected chi connectivity index (χ1v) is 9.10. The summed E-state index contributed by atoms with van der Waals surface area (Å²) in [6, 6.07) is 8.84. The molecule has 3 N–H and O–H groups in total. The van der Waals surface area contributed by atoms with Gasteiger partial charge in [-0.05, 0) is 37.1 Å². The Morgan fingerprint density at radius 1 is 1.32 bits per heavy atom. The van der Waals surface area contributed by atoms with Crippen LogP contribution in [0.3, 0.4) is 0 Å². The second-order valence-corrected chi connectivity index (χ2v) is 7.05. The Hall–Kier alpha value is -3.13. The van der Waals surface area contributed by atoms with Crippen molar-refractivity contribution in [3.63, 3.8) is 0 Å². The van der Waals surface area contributed by atoms with E-state index in [0.29, 0.717) is 29.7 Å². The zero-order valence-electron chi connectivity index (χ0n) is 16.5. The number of carbonyl (C=O) groups is 1. The highest BCUT2D eigenvalue weighted by molar-refractivity contribution is 6.03. The van der Waals surface area contributed by atoms with Crippen molar-refractivity contribution < 1.29 is 14.1 Å². The Morgan fingerprint density at radius 3 is 2.71 bits per heavy atom. The fourth-order valence-corrected chi connectivity index (χ4v) is 2.62. The number of hydrogen-bond acceptors (Lipinski definition) is 6. The van der Waals surface area contributed by atoms with E-state index in [4.69, 9.17) is 15.0 Å². The molecule has 0 bridgehead atoms. The van der Waals surface area contributed by atoms with E-state index in [0.717, 1.165) is 11.3 Å². The molecule has 8 heteroatoms. The van der Waals surface area contributed by atoms with Crippen LogP contribution in [0.25, 0.3) is 11.3 Å². The van der Waals surface area contributed by atoms with Crippen LogP contribution in [0.5, 0.6) is 5.75 Å². The number of benzene rings is 1. The lowest BCUT2D eigenvalue weighted by atomic mass is 10.1. The van der Waals surface area contributed by atoms with E-state index in [9.17, 15) is 4.79 Å². The predicted molar refractivity (Wildman–Crippen MR) is 106 cm³/mol. The molecule has 0 radical (unpaired) electrons. The minimum absolute atomic E-state index is 0.0748. The minimum Gasteiger partial charge on any atom is -0.491 e. The normalized spacial score (nSPS) is 12.2. The Kier molecular flexibility index (Phi) is 5.79. The number of amides is 1. The first kappa shape index (κ1) is 19.6. The van der Waals surface area contributed by atoms with Crippen molar-refractivity contribution in [2.24, 2.45) is 18.7 Å². The van der Waals surface area contributed by atoms with Crippen molar-refractivity contribution in [3.05, 3.63) is 48.0 Å². The number of ether oxygens (including phenoxy) is 1. The second-order valence-electron chi connectivity index (χ2n) is 7.05. The van der Waals surface area contributed by atoms with Crippen molar-refractivity contribution in [2.45, 2.75) is 26.8 Å². The fourth-order valence-electron chi connectivity index (χ4n) is 2.62. The molecule has 28 heavy (non-hydrogen) atoms. The van der Waals surface area contributed by atoms with Gasteiger partial charge >= 0.3 is 0 Å². The SMILES string of the molecule is Cc1cc(C(=O)Nc2ccc(OCC(N)C(C)C)c(-c3ccnn3C)c2)no1. The van der Waals surface area contributed by atoms with Gasteiger partial charge in [-0.1, -0.05) is 19.0 Å². The molecule has 0 fully saturated rings. The maximum absolute atomic E-state index is 12.4. The summed E-state index contributed by atoms with van der Waals surface area (Å²) in [5.74, 6) is 1.22. The maximum atomic E-state index is 12.4. The molecule has 2 aromatic heterocycles. The summed E-state index contributed by atoms with van der Waals surface area (Å²) < 4.78 is 12.7. The zero-order valence-corrected chi connectivity index (χ0v) is 16.5. The van der Waals surface area contributed by atoms with Gasteiger partial charge < -0.3 is 20.3 Å². The molecular weight excluding hydrogens is 358 g/mol. The molecule has 1 unspecified atom stereocenters. The van der Waals surface area contributed by atoms with Crippen molar-refractivity contribution in [1.29, 1.82) is 0 Å². The van der Waals surface area contributed by atoms with E-state index >= 15 is 0 Å². The molecule has 0 spiro atoms. The molecular formula is C20H25N5O3. The third-order valence-corrected chi connectivity index (χ3v) is 4.48. The van der Waals surface area contributed by atoms with E-state index in [-0.39, 0.29) is 17.6 Å². The number of aromatic nitrogens is 3. The van der Waals surface area contributed by atoms with Crippen LogP contribution in [-0.4, -0.2) is 33.5 Å². The molecule has 0 aliphatic carbocycles. The Morgan fingerprint density at radius 2 is 2.11 bits per heavy atom. The van der Waals surface area contributed by atoms with Crippen LogP contribution in [0.4, 0.5) is 5.69 Å². The zero-order chi connectivity index (χ0) is 20.3. The van der Waals surface area contributed by atoms with E-state index < -0.39 is 0 Å². The number of hydrogen-bond donors (Lipinski definition) is 2.